The van der Waals surface area contributed by atoms with Gasteiger partial charge in [-0.15, -0.1) is 0 Å². The monoisotopic (exact) mass is 341 g/mol. The summed E-state index contributed by atoms with van der Waals surface area (Å²) in [6, 6.07) is 5.02. The van der Waals surface area contributed by atoms with Gasteiger partial charge >= 0.3 is 11.8 Å². The number of hydrogen-bond donors (Lipinski definition) is 3. The molecular formula is C14H13Cl2N3O3. The largest absolute Gasteiger partial charge is 0.345 e. The first-order valence-corrected chi connectivity index (χ1v) is 7.26. The molecule has 1 fully saturated rings. The molecule has 6 nitrogen and oxygen atoms in total. The summed E-state index contributed by atoms with van der Waals surface area (Å²) in [6.07, 6.45) is 4.29. The number of carbonyl (C=O) groups is 3. The highest BCUT2D eigenvalue weighted by molar-refractivity contribution is 6.37. The molecule has 0 unspecified atom stereocenters. The fraction of sp³-hybridized carbons (Fsp3) is 0.214. The summed E-state index contributed by atoms with van der Waals surface area (Å²) >= 11 is 11.9. The number of benzene rings is 1. The normalized spacial score (nSPS) is 13.7. The van der Waals surface area contributed by atoms with Crippen molar-refractivity contribution in [2.75, 3.05) is 0 Å². The molecule has 0 atom stereocenters. The molecule has 116 valence electrons. The molecule has 2 rings (SSSR count). The second-order valence-electron chi connectivity index (χ2n) is 4.66. The van der Waals surface area contributed by atoms with E-state index in [0.29, 0.717) is 15.6 Å². The summed E-state index contributed by atoms with van der Waals surface area (Å²) in [5.74, 6) is -2.33. The molecule has 0 heterocycles. The molecule has 1 saturated carbocycles. The van der Waals surface area contributed by atoms with E-state index in [9.17, 15) is 14.4 Å². The summed E-state index contributed by atoms with van der Waals surface area (Å²) in [5, 5.41) is 3.28. The zero-order valence-corrected chi connectivity index (χ0v) is 12.9. The Morgan fingerprint density at radius 1 is 1.05 bits per heavy atom. The maximum absolute atomic E-state index is 11.6. The van der Waals surface area contributed by atoms with E-state index in [2.05, 4.69) is 10.7 Å². The van der Waals surface area contributed by atoms with Crippen molar-refractivity contribution in [3.8, 4) is 0 Å². The van der Waals surface area contributed by atoms with Gasteiger partial charge in [-0.05, 0) is 31.1 Å². The van der Waals surface area contributed by atoms with Crippen molar-refractivity contribution >= 4 is 47.0 Å². The van der Waals surface area contributed by atoms with Crippen LogP contribution >= 0.6 is 23.2 Å². The van der Waals surface area contributed by atoms with Gasteiger partial charge in [0.25, 0.3) is 5.91 Å². The quantitative estimate of drug-likeness (QED) is 0.441. The zero-order chi connectivity index (χ0) is 16.1. The van der Waals surface area contributed by atoms with Crippen LogP contribution in [0.3, 0.4) is 0 Å². The lowest BCUT2D eigenvalue weighted by Crippen LogP contribution is -2.48. The highest BCUT2D eigenvalue weighted by Crippen LogP contribution is 2.25. The molecule has 0 spiro atoms. The van der Waals surface area contributed by atoms with Gasteiger partial charge < -0.3 is 5.32 Å². The average molecular weight is 342 g/mol. The van der Waals surface area contributed by atoms with Crippen molar-refractivity contribution < 1.29 is 14.4 Å². The number of rotatable bonds is 3. The van der Waals surface area contributed by atoms with E-state index in [-0.39, 0.29) is 6.04 Å². The van der Waals surface area contributed by atoms with Crippen LogP contribution in [0.5, 0.6) is 0 Å². The number of amides is 3. The first kappa shape index (κ1) is 16.3. The van der Waals surface area contributed by atoms with Crippen LogP contribution in [0.25, 0.3) is 6.08 Å². The number of hydrazine groups is 1. The van der Waals surface area contributed by atoms with Gasteiger partial charge in [-0.1, -0.05) is 29.3 Å². The minimum Gasteiger partial charge on any atom is -0.345 e. The first-order chi connectivity index (χ1) is 10.5. The Bertz CT molecular complexity index is 622. The van der Waals surface area contributed by atoms with Crippen molar-refractivity contribution in [3.05, 3.63) is 39.9 Å². The maximum atomic E-state index is 11.6. The van der Waals surface area contributed by atoms with E-state index in [1.54, 1.807) is 18.2 Å². The lowest BCUT2D eigenvalue weighted by atomic mass is 10.2. The van der Waals surface area contributed by atoms with Gasteiger partial charge in [-0.25, -0.2) is 0 Å². The van der Waals surface area contributed by atoms with Crippen molar-refractivity contribution in [2.45, 2.75) is 18.9 Å². The van der Waals surface area contributed by atoms with Gasteiger partial charge in [0.1, 0.15) is 0 Å². The van der Waals surface area contributed by atoms with E-state index < -0.39 is 17.7 Å². The molecule has 3 amide bonds. The molecule has 1 aliphatic rings. The fourth-order valence-electron chi connectivity index (χ4n) is 1.52. The Labute approximate surface area is 136 Å². The van der Waals surface area contributed by atoms with Crippen molar-refractivity contribution in [3.63, 3.8) is 0 Å². The Morgan fingerprint density at radius 3 is 2.27 bits per heavy atom. The van der Waals surface area contributed by atoms with Crippen molar-refractivity contribution in [1.29, 1.82) is 0 Å². The second-order valence-corrected chi connectivity index (χ2v) is 5.47. The van der Waals surface area contributed by atoms with E-state index >= 15 is 0 Å². The SMILES string of the molecule is O=C(/C=C/c1c(Cl)cccc1Cl)NNC(=O)C(=O)NC1CC1. The molecule has 1 aromatic rings. The predicted octanol–water partition coefficient (Wildman–Crippen LogP) is 1.43. The second kappa shape index (κ2) is 7.29. The minimum absolute atomic E-state index is 0.0659. The van der Waals surface area contributed by atoms with E-state index in [1.807, 2.05) is 5.43 Å². The number of halogens is 2. The summed E-state index contributed by atoms with van der Waals surface area (Å²) in [5.41, 5.74) is 4.59. The lowest BCUT2D eigenvalue weighted by Gasteiger charge is -2.05. The smallest absolute Gasteiger partial charge is 0.327 e. The van der Waals surface area contributed by atoms with Crippen LogP contribution in [0.1, 0.15) is 18.4 Å². The summed E-state index contributed by atoms with van der Waals surface area (Å²) in [6.45, 7) is 0. The van der Waals surface area contributed by atoms with Gasteiger partial charge in [0.15, 0.2) is 0 Å². The Kier molecular flexibility index (Phi) is 5.41. The Balaban J connectivity index is 1.83. The van der Waals surface area contributed by atoms with Gasteiger partial charge in [-0.2, -0.15) is 0 Å². The van der Waals surface area contributed by atoms with Crippen LogP contribution in [0, 0.1) is 0 Å². The standard InChI is InChI=1S/C14H13Cl2N3O3/c15-10-2-1-3-11(16)9(10)6-7-12(20)18-19-14(22)13(21)17-8-4-5-8/h1-3,6-8H,4-5H2,(H,17,21)(H,18,20)(H,19,22)/b7-6+. The molecule has 0 aromatic heterocycles. The number of carbonyl (C=O) groups excluding carboxylic acids is 3. The molecule has 0 radical (unpaired) electrons. The molecule has 0 bridgehead atoms. The summed E-state index contributed by atoms with van der Waals surface area (Å²) < 4.78 is 0. The maximum Gasteiger partial charge on any atom is 0.327 e. The van der Waals surface area contributed by atoms with Crippen LogP contribution < -0.4 is 16.2 Å². The van der Waals surface area contributed by atoms with Gasteiger partial charge in [0.2, 0.25) is 0 Å². The highest BCUT2D eigenvalue weighted by atomic mass is 35.5. The van der Waals surface area contributed by atoms with E-state index in [1.165, 1.54) is 6.08 Å². The fourth-order valence-corrected chi connectivity index (χ4v) is 2.05. The summed E-state index contributed by atoms with van der Waals surface area (Å²) in [7, 11) is 0. The Morgan fingerprint density at radius 2 is 1.68 bits per heavy atom. The van der Waals surface area contributed by atoms with Gasteiger partial charge in [0.05, 0.1) is 0 Å². The predicted molar refractivity (Wildman–Crippen MR) is 82.9 cm³/mol. The molecular weight excluding hydrogens is 329 g/mol. The average Bonchev–Trinajstić information content (AvgIpc) is 3.28. The van der Waals surface area contributed by atoms with Crippen LogP contribution in [0.15, 0.2) is 24.3 Å². The van der Waals surface area contributed by atoms with Gasteiger partial charge in [0, 0.05) is 27.7 Å². The molecule has 22 heavy (non-hydrogen) atoms. The molecule has 0 aliphatic heterocycles. The topological polar surface area (TPSA) is 87.3 Å². The molecule has 8 heteroatoms. The molecule has 1 aromatic carbocycles. The third kappa shape index (κ3) is 4.75. The highest BCUT2D eigenvalue weighted by Gasteiger charge is 2.26. The van der Waals surface area contributed by atoms with Crippen molar-refractivity contribution in [1.82, 2.24) is 16.2 Å². The molecule has 3 N–H and O–H groups in total. The third-order valence-corrected chi connectivity index (χ3v) is 3.48. The van der Waals surface area contributed by atoms with E-state index in [0.717, 1.165) is 18.9 Å². The van der Waals surface area contributed by atoms with Crippen LogP contribution in [-0.4, -0.2) is 23.8 Å². The zero-order valence-electron chi connectivity index (χ0n) is 11.4. The first-order valence-electron chi connectivity index (χ1n) is 6.50. The molecule has 0 saturated heterocycles. The number of nitrogens with one attached hydrogen (secondary N) is 3. The lowest BCUT2D eigenvalue weighted by molar-refractivity contribution is -0.140. The van der Waals surface area contributed by atoms with Crippen LogP contribution in [0.2, 0.25) is 10.0 Å². The summed E-state index contributed by atoms with van der Waals surface area (Å²) in [4.78, 5) is 34.3. The minimum atomic E-state index is -0.926. The van der Waals surface area contributed by atoms with Gasteiger partial charge in [-0.3, -0.25) is 25.2 Å². The van der Waals surface area contributed by atoms with E-state index in [4.69, 9.17) is 23.2 Å². The Hall–Kier alpha value is -2.05. The van der Waals surface area contributed by atoms with Crippen LogP contribution in [0.4, 0.5) is 0 Å². The molecule has 1 aliphatic carbocycles. The number of hydrogen-bond acceptors (Lipinski definition) is 3. The van der Waals surface area contributed by atoms with Crippen LogP contribution in [-0.2, 0) is 14.4 Å². The third-order valence-electron chi connectivity index (χ3n) is 2.82. The van der Waals surface area contributed by atoms with Crippen molar-refractivity contribution in [2.24, 2.45) is 0 Å².